The summed E-state index contributed by atoms with van der Waals surface area (Å²) >= 11 is 4.68. The fraction of sp³-hybridized carbons (Fsp3) is 0.259. The molecule has 0 saturated heterocycles. The van der Waals surface area contributed by atoms with Gasteiger partial charge in [-0.25, -0.2) is 0 Å². The zero-order valence-electron chi connectivity index (χ0n) is 20.1. The number of carbonyl (C=O) groups excluding carboxylic acids is 2. The number of hydrogen-bond acceptors (Lipinski definition) is 6. The van der Waals surface area contributed by atoms with Gasteiger partial charge in [0.1, 0.15) is 0 Å². The normalized spacial score (nSPS) is 13.2. The first kappa shape index (κ1) is 28.5. The van der Waals surface area contributed by atoms with Crippen LogP contribution in [0.1, 0.15) is 35.1 Å². The maximum atomic E-state index is 11.7. The van der Waals surface area contributed by atoms with Crippen molar-refractivity contribution in [3.63, 3.8) is 0 Å². The summed E-state index contributed by atoms with van der Waals surface area (Å²) in [6, 6.07) is 23.5. The third-order valence-corrected chi connectivity index (χ3v) is 9.66. The van der Waals surface area contributed by atoms with Crippen molar-refractivity contribution in [2.24, 2.45) is 0 Å². The molecular formula is C27H28As2ClNO5. The van der Waals surface area contributed by atoms with Crippen LogP contribution in [0.15, 0.2) is 72.8 Å². The molecule has 9 heteroatoms. The first-order valence-corrected chi connectivity index (χ1v) is 15.5. The van der Waals surface area contributed by atoms with E-state index < -0.39 is 37.6 Å². The summed E-state index contributed by atoms with van der Waals surface area (Å²) in [5.41, 5.74) is 3.05. The molecule has 1 atom stereocenters. The van der Waals surface area contributed by atoms with E-state index in [4.69, 9.17) is 21.1 Å². The van der Waals surface area contributed by atoms with E-state index in [1.54, 1.807) is 12.1 Å². The van der Waals surface area contributed by atoms with Gasteiger partial charge in [0.15, 0.2) is 0 Å². The van der Waals surface area contributed by atoms with Crippen molar-refractivity contribution < 1.29 is 24.2 Å². The topological polar surface area (TPSA) is 84.9 Å². The number of aliphatic hydroxyl groups is 1. The summed E-state index contributed by atoms with van der Waals surface area (Å²) in [6.07, 6.45) is 0.153. The number of nitrogens with one attached hydrogen (secondary N) is 1. The van der Waals surface area contributed by atoms with Crippen molar-refractivity contribution in [1.82, 2.24) is 5.32 Å². The number of ether oxygens (including phenoxy) is 2. The molecule has 2 radical (unpaired) electrons. The number of methoxy groups -OCH3 is 2. The van der Waals surface area contributed by atoms with Gasteiger partial charge in [-0.3, -0.25) is 0 Å². The number of carbonyl (C=O) groups is 2. The quantitative estimate of drug-likeness (QED) is 0.236. The Morgan fingerprint density at radius 3 is 1.86 bits per heavy atom. The van der Waals surface area contributed by atoms with Crippen molar-refractivity contribution in [2.45, 2.75) is 18.4 Å². The Balaban J connectivity index is 1.70. The molecule has 0 aliphatic rings. The fourth-order valence-corrected chi connectivity index (χ4v) is 6.42. The van der Waals surface area contributed by atoms with Gasteiger partial charge in [-0.05, 0) is 6.07 Å². The van der Waals surface area contributed by atoms with E-state index in [0.29, 0.717) is 18.1 Å². The molecule has 2 N–H and O–H groups in total. The minimum atomic E-state index is -0.679. The molecule has 3 aromatic rings. The first-order chi connectivity index (χ1) is 17.4. The predicted molar refractivity (Wildman–Crippen MR) is 144 cm³/mol. The van der Waals surface area contributed by atoms with E-state index in [1.165, 1.54) is 14.2 Å². The molecule has 188 valence electrons. The molecule has 0 bridgehead atoms. The van der Waals surface area contributed by atoms with Crippen LogP contribution in [0, 0.1) is 0 Å². The standard InChI is InChI=1S/C27H28As2ClNO5/c1-35-26(33)28-21-10-6-18(7-11-21)24(19-8-12-22(13-9-19)29-27(34)36-2)14-15-31-17-25(32)20-4-3-5-23(30)16-20/h3-13,16,24-25,31-32H,14-15,17H2,1-2H3. The second-order valence-corrected chi connectivity index (χ2v) is 13.0. The van der Waals surface area contributed by atoms with Gasteiger partial charge in [0.2, 0.25) is 0 Å². The van der Waals surface area contributed by atoms with E-state index in [1.807, 2.05) is 36.4 Å². The van der Waals surface area contributed by atoms with Gasteiger partial charge in [-0.15, -0.1) is 0 Å². The summed E-state index contributed by atoms with van der Waals surface area (Å²) in [6.45, 7) is 1.10. The Morgan fingerprint density at radius 1 is 0.861 bits per heavy atom. The average Bonchev–Trinajstić information content (AvgIpc) is 2.89. The summed E-state index contributed by atoms with van der Waals surface area (Å²) < 4.78 is 11.2. The van der Waals surface area contributed by atoms with Crippen LogP contribution in [0.5, 0.6) is 0 Å². The molecule has 36 heavy (non-hydrogen) atoms. The molecule has 0 spiro atoms. The van der Waals surface area contributed by atoms with Gasteiger partial charge in [-0.2, -0.15) is 0 Å². The molecule has 0 aliphatic carbocycles. The van der Waals surface area contributed by atoms with Crippen molar-refractivity contribution in [3.05, 3.63) is 94.5 Å². The van der Waals surface area contributed by atoms with Crippen LogP contribution in [0.4, 0.5) is 9.59 Å². The van der Waals surface area contributed by atoms with E-state index >= 15 is 0 Å². The number of rotatable bonds is 12. The van der Waals surface area contributed by atoms with Crippen LogP contribution in [0.25, 0.3) is 0 Å². The van der Waals surface area contributed by atoms with E-state index in [9.17, 15) is 14.7 Å². The van der Waals surface area contributed by atoms with Crippen molar-refractivity contribution in [3.8, 4) is 0 Å². The van der Waals surface area contributed by atoms with E-state index in [2.05, 4.69) is 29.6 Å². The third-order valence-electron chi connectivity index (χ3n) is 5.56. The zero-order chi connectivity index (χ0) is 25.9. The summed E-state index contributed by atoms with van der Waals surface area (Å²) in [5, 5.41) is 14.5. The molecule has 6 nitrogen and oxygen atoms in total. The van der Waals surface area contributed by atoms with E-state index in [0.717, 1.165) is 31.8 Å². The molecule has 0 heterocycles. The molecule has 3 rings (SSSR count). The SMILES string of the molecule is COC(=O)[As]c1ccc(C(CCNCC(O)c2cccc(Cl)c2)c2ccc([As]C(=O)OC)cc2)cc1. The number of aliphatic hydroxyl groups excluding tert-OH is 1. The number of halogens is 1. The summed E-state index contributed by atoms with van der Waals surface area (Å²) in [4.78, 5) is 23.3. The molecule has 0 fully saturated rings. The van der Waals surface area contributed by atoms with Crippen LogP contribution in [0.2, 0.25) is 5.02 Å². The molecule has 0 aromatic heterocycles. The monoisotopic (exact) mass is 631 g/mol. The minimum absolute atomic E-state index is 0.104. The van der Waals surface area contributed by atoms with Crippen molar-refractivity contribution in [1.29, 1.82) is 0 Å². The van der Waals surface area contributed by atoms with Crippen LogP contribution >= 0.6 is 11.6 Å². The van der Waals surface area contributed by atoms with Crippen LogP contribution in [0.3, 0.4) is 0 Å². The van der Waals surface area contributed by atoms with Crippen LogP contribution in [-0.2, 0) is 9.47 Å². The van der Waals surface area contributed by atoms with Crippen molar-refractivity contribution in [2.75, 3.05) is 27.3 Å². The fourth-order valence-electron chi connectivity index (χ4n) is 3.71. The average molecular weight is 632 g/mol. The molecular weight excluding hydrogens is 604 g/mol. The second kappa shape index (κ2) is 14.6. The van der Waals surface area contributed by atoms with Gasteiger partial charge in [0.05, 0.1) is 0 Å². The maximum absolute atomic E-state index is 11.7. The molecule has 0 aliphatic heterocycles. The Hall–Kier alpha value is -2.07. The summed E-state index contributed by atoms with van der Waals surface area (Å²) in [5.74, 6) is 0.104. The first-order valence-electron chi connectivity index (χ1n) is 11.3. The van der Waals surface area contributed by atoms with Gasteiger partial charge in [0, 0.05) is 5.02 Å². The van der Waals surface area contributed by atoms with Crippen molar-refractivity contribution >= 4 is 61.3 Å². The molecule has 0 saturated carbocycles. The predicted octanol–water partition coefficient (Wildman–Crippen LogP) is 3.38. The number of benzene rings is 3. The molecule has 1 unspecified atom stereocenters. The Bertz CT molecular complexity index is 1080. The number of hydrogen-bond donors (Lipinski definition) is 2. The van der Waals surface area contributed by atoms with Gasteiger partial charge in [0.25, 0.3) is 0 Å². The summed E-state index contributed by atoms with van der Waals surface area (Å²) in [7, 11) is 2.81. The van der Waals surface area contributed by atoms with Gasteiger partial charge < -0.3 is 0 Å². The van der Waals surface area contributed by atoms with Crippen LogP contribution < -0.4 is 14.0 Å². The Morgan fingerprint density at radius 2 is 1.39 bits per heavy atom. The van der Waals surface area contributed by atoms with Gasteiger partial charge in [-0.1, -0.05) is 17.7 Å². The Kier molecular flexibility index (Phi) is 11.6. The molecule has 0 amide bonds. The second-order valence-electron chi connectivity index (χ2n) is 7.96. The molecule has 3 aromatic carbocycles. The van der Waals surface area contributed by atoms with Crippen LogP contribution in [-0.4, -0.2) is 73.4 Å². The van der Waals surface area contributed by atoms with Gasteiger partial charge >= 0.3 is 202 Å². The third kappa shape index (κ3) is 8.79. The van der Waals surface area contributed by atoms with E-state index in [-0.39, 0.29) is 15.4 Å². The Labute approximate surface area is 230 Å². The zero-order valence-corrected chi connectivity index (χ0v) is 24.6.